The molecule has 2 nitrogen and oxygen atoms in total. The highest BCUT2D eigenvalue weighted by Gasteiger charge is 2.40. The van der Waals surface area contributed by atoms with E-state index in [9.17, 15) is 0 Å². The molecule has 0 spiro atoms. The van der Waals surface area contributed by atoms with Crippen molar-refractivity contribution < 1.29 is 9.47 Å². The molecule has 2 aliphatic rings. The molecule has 0 fully saturated rings. The maximum absolute atomic E-state index is 6.56. The van der Waals surface area contributed by atoms with Crippen molar-refractivity contribution >= 4 is 66.2 Å². The molecule has 0 radical (unpaired) electrons. The Morgan fingerprint density at radius 1 is 0.327 bits per heavy atom. The molecular formula is C46H27BO2. The van der Waals surface area contributed by atoms with Crippen LogP contribution in [-0.4, -0.2) is 6.71 Å². The van der Waals surface area contributed by atoms with Crippen molar-refractivity contribution in [3.8, 4) is 45.3 Å². The van der Waals surface area contributed by atoms with Crippen molar-refractivity contribution in [1.29, 1.82) is 0 Å². The van der Waals surface area contributed by atoms with E-state index >= 15 is 0 Å². The molecule has 0 amide bonds. The van der Waals surface area contributed by atoms with Crippen LogP contribution in [0.4, 0.5) is 0 Å². The van der Waals surface area contributed by atoms with Crippen LogP contribution >= 0.6 is 0 Å². The Kier molecular flexibility index (Phi) is 5.50. The van der Waals surface area contributed by atoms with E-state index < -0.39 is 0 Å². The van der Waals surface area contributed by atoms with E-state index in [0.29, 0.717) is 0 Å². The fourth-order valence-electron chi connectivity index (χ4n) is 8.19. The van der Waals surface area contributed by atoms with Crippen LogP contribution in [0.15, 0.2) is 164 Å². The first kappa shape index (κ1) is 26.7. The first-order valence-corrected chi connectivity index (χ1v) is 16.9. The maximum atomic E-state index is 6.56. The summed E-state index contributed by atoms with van der Waals surface area (Å²) in [5, 5.41) is 10.1. The summed E-state index contributed by atoms with van der Waals surface area (Å²) >= 11 is 0. The quantitative estimate of drug-likeness (QED) is 0.109. The van der Waals surface area contributed by atoms with Crippen molar-refractivity contribution in [3.63, 3.8) is 0 Å². The fourth-order valence-corrected chi connectivity index (χ4v) is 8.19. The summed E-state index contributed by atoms with van der Waals surface area (Å²) in [5.41, 5.74) is 8.12. The van der Waals surface area contributed by atoms with Gasteiger partial charge in [-0.15, -0.1) is 0 Å². The third kappa shape index (κ3) is 4.03. The first-order chi connectivity index (χ1) is 24.2. The van der Waals surface area contributed by atoms with Crippen LogP contribution < -0.4 is 25.9 Å². The Morgan fingerprint density at radius 2 is 0.898 bits per heavy atom. The molecule has 0 aromatic heterocycles. The largest absolute Gasteiger partial charge is 0.458 e. The average Bonchev–Trinajstić information content (AvgIpc) is 3.16. The second kappa shape index (κ2) is 10.1. The van der Waals surface area contributed by atoms with E-state index in [4.69, 9.17) is 9.47 Å². The molecule has 9 aromatic rings. The van der Waals surface area contributed by atoms with Crippen LogP contribution in [-0.2, 0) is 0 Å². The fraction of sp³-hybridized carbons (Fsp3) is 0. The molecule has 0 atom stereocenters. The van der Waals surface area contributed by atoms with E-state index in [-0.39, 0.29) is 6.71 Å². The zero-order valence-electron chi connectivity index (χ0n) is 26.5. The second-order valence-electron chi connectivity index (χ2n) is 13.3. The molecule has 0 saturated heterocycles. The zero-order valence-corrected chi connectivity index (χ0v) is 26.5. The van der Waals surface area contributed by atoms with Gasteiger partial charge in [0, 0.05) is 5.46 Å². The van der Waals surface area contributed by atoms with Gasteiger partial charge in [-0.05, 0) is 125 Å². The summed E-state index contributed by atoms with van der Waals surface area (Å²) in [6, 6.07) is 59.1. The number of rotatable bonds is 2. The van der Waals surface area contributed by atoms with E-state index in [1.54, 1.807) is 0 Å². The summed E-state index contributed by atoms with van der Waals surface area (Å²) in [6.45, 7) is 0.0791. The van der Waals surface area contributed by atoms with Crippen molar-refractivity contribution in [2.75, 3.05) is 0 Å². The van der Waals surface area contributed by atoms with E-state index in [0.717, 1.165) is 39.6 Å². The highest BCUT2D eigenvalue weighted by molar-refractivity contribution is 6.98. The minimum atomic E-state index is 0.0791. The molecular weight excluding hydrogens is 595 g/mol. The SMILES string of the molecule is c1ccc2c(c1)Oc1cc(-c3ccc4cc(-c5cccc6cc7c(ccc8ccccc87)cc56)ccc4c3)cc3c1B2c1ccccc1O3. The third-order valence-electron chi connectivity index (χ3n) is 10.5. The summed E-state index contributed by atoms with van der Waals surface area (Å²) in [4.78, 5) is 0. The molecule has 11 rings (SSSR count). The van der Waals surface area contributed by atoms with Crippen molar-refractivity contribution in [3.05, 3.63) is 164 Å². The lowest BCUT2D eigenvalue weighted by Gasteiger charge is -2.33. The topological polar surface area (TPSA) is 18.5 Å². The molecule has 49 heavy (non-hydrogen) atoms. The van der Waals surface area contributed by atoms with Crippen molar-refractivity contribution in [1.82, 2.24) is 0 Å². The molecule has 0 N–H and O–H groups in total. The van der Waals surface area contributed by atoms with Crippen LogP contribution in [0.5, 0.6) is 23.0 Å². The van der Waals surface area contributed by atoms with Crippen LogP contribution in [0.3, 0.4) is 0 Å². The molecule has 0 bridgehead atoms. The lowest BCUT2D eigenvalue weighted by atomic mass is 9.35. The van der Waals surface area contributed by atoms with Gasteiger partial charge in [0.25, 0.3) is 6.71 Å². The van der Waals surface area contributed by atoms with Crippen LogP contribution in [0, 0.1) is 0 Å². The van der Waals surface area contributed by atoms with E-state index in [2.05, 4.69) is 152 Å². The van der Waals surface area contributed by atoms with Crippen LogP contribution in [0.1, 0.15) is 0 Å². The lowest BCUT2D eigenvalue weighted by Crippen LogP contribution is -2.57. The monoisotopic (exact) mass is 622 g/mol. The molecule has 0 saturated carbocycles. The number of fused-ring (bicyclic) bond motifs is 9. The summed E-state index contributed by atoms with van der Waals surface area (Å²) in [6.07, 6.45) is 0. The van der Waals surface area contributed by atoms with Crippen molar-refractivity contribution in [2.24, 2.45) is 0 Å². The maximum Gasteiger partial charge on any atom is 0.260 e. The lowest BCUT2D eigenvalue weighted by molar-refractivity contribution is 0.465. The Morgan fingerprint density at radius 3 is 1.67 bits per heavy atom. The Hall–Kier alpha value is -6.32. The van der Waals surface area contributed by atoms with Gasteiger partial charge in [0.1, 0.15) is 23.0 Å². The predicted octanol–water partition coefficient (Wildman–Crippen LogP) is 10.4. The number of para-hydroxylation sites is 2. The minimum Gasteiger partial charge on any atom is -0.458 e. The van der Waals surface area contributed by atoms with Gasteiger partial charge in [0.2, 0.25) is 0 Å². The summed E-state index contributed by atoms with van der Waals surface area (Å²) in [7, 11) is 0. The number of ether oxygens (including phenoxy) is 2. The smallest absolute Gasteiger partial charge is 0.260 e. The number of benzene rings is 9. The number of hydrogen-bond donors (Lipinski definition) is 0. The van der Waals surface area contributed by atoms with Gasteiger partial charge in [-0.3, -0.25) is 0 Å². The molecule has 0 unspecified atom stereocenters. The average molecular weight is 623 g/mol. The van der Waals surface area contributed by atoms with Crippen LogP contribution in [0.2, 0.25) is 0 Å². The minimum absolute atomic E-state index is 0.0791. The Bertz CT molecular complexity index is 2780. The van der Waals surface area contributed by atoms with Gasteiger partial charge in [0.05, 0.1) is 0 Å². The second-order valence-corrected chi connectivity index (χ2v) is 13.3. The molecule has 0 aliphatic carbocycles. The standard InChI is InChI=1S/C46H27BO2/c1-2-10-36-28(8-1)16-20-34-25-38-32(24-39(34)36)9-7-11-37(38)33-21-19-29-22-31(18-17-30(29)23-33)35-26-44-46-45(27-35)49-43-15-6-4-13-41(43)47(46)40-12-3-5-14-42(40)48-44/h1-27H. The predicted molar refractivity (Wildman–Crippen MR) is 205 cm³/mol. The van der Waals surface area contributed by atoms with Crippen molar-refractivity contribution in [2.45, 2.75) is 0 Å². The Balaban J connectivity index is 1.01. The van der Waals surface area contributed by atoms with Crippen LogP contribution in [0.25, 0.3) is 65.3 Å². The molecule has 3 heteroatoms. The van der Waals surface area contributed by atoms with Gasteiger partial charge in [-0.25, -0.2) is 0 Å². The van der Waals surface area contributed by atoms with Gasteiger partial charge in [-0.2, -0.15) is 0 Å². The zero-order chi connectivity index (χ0) is 32.1. The van der Waals surface area contributed by atoms with E-state index in [1.807, 2.05) is 12.1 Å². The van der Waals surface area contributed by atoms with Gasteiger partial charge < -0.3 is 9.47 Å². The van der Waals surface area contributed by atoms with Gasteiger partial charge >= 0.3 is 0 Å². The molecule has 226 valence electrons. The Labute approximate surface area is 283 Å². The highest BCUT2D eigenvalue weighted by atomic mass is 16.5. The molecule has 2 aliphatic heterocycles. The third-order valence-corrected chi connectivity index (χ3v) is 10.5. The highest BCUT2D eigenvalue weighted by Crippen LogP contribution is 2.40. The first-order valence-electron chi connectivity index (χ1n) is 16.9. The summed E-state index contributed by atoms with van der Waals surface area (Å²) < 4.78 is 13.1. The van der Waals surface area contributed by atoms with Gasteiger partial charge in [-0.1, -0.05) is 115 Å². The van der Waals surface area contributed by atoms with Gasteiger partial charge in [0.15, 0.2) is 0 Å². The molecule has 2 heterocycles. The summed E-state index contributed by atoms with van der Waals surface area (Å²) in [5.74, 6) is 3.52. The molecule has 9 aromatic carbocycles. The number of hydrogen-bond acceptors (Lipinski definition) is 2. The normalized spacial score (nSPS) is 12.8. The van der Waals surface area contributed by atoms with E-state index in [1.165, 1.54) is 65.1 Å².